The number of carbonyl (C=O) groups is 8. The van der Waals surface area contributed by atoms with Gasteiger partial charge in [-0.1, -0.05) is 107 Å². The number of benzene rings is 5. The van der Waals surface area contributed by atoms with Gasteiger partial charge in [0.05, 0.1) is 40.3 Å². The van der Waals surface area contributed by atoms with E-state index in [0.29, 0.717) is 25.9 Å². The molecule has 38 nitrogen and oxygen atoms in total. The van der Waals surface area contributed by atoms with E-state index < -0.39 is 231 Å². The Morgan fingerprint density at radius 2 is 1.28 bits per heavy atom. The number of nitrogens with two attached hydrogens (primary N) is 4. The van der Waals surface area contributed by atoms with Gasteiger partial charge < -0.3 is 150 Å². The fourth-order valence-corrected chi connectivity index (χ4v) is 16.1. The number of halogens is 2. The highest BCUT2D eigenvalue weighted by atomic mass is 35.5. The van der Waals surface area contributed by atoms with E-state index in [9.17, 15) is 60.3 Å². The van der Waals surface area contributed by atoms with Crippen LogP contribution in [0, 0.1) is 5.92 Å². The molecule has 0 aromatic heterocycles. The van der Waals surface area contributed by atoms with E-state index in [2.05, 4.69) is 65.1 Å². The second-order valence-corrected chi connectivity index (χ2v) is 33.1. The summed E-state index contributed by atoms with van der Waals surface area (Å²) in [5.41, 5.74) is 18.8. The van der Waals surface area contributed by atoms with Crippen LogP contribution in [0.25, 0.3) is 11.1 Å². The molecule has 0 spiro atoms. The molecule has 7 amide bonds. The first-order valence-electron chi connectivity index (χ1n) is 41.5. The second-order valence-electron chi connectivity index (χ2n) is 32.3. The highest BCUT2D eigenvalue weighted by Crippen LogP contribution is 2.51. The lowest BCUT2D eigenvalue weighted by Gasteiger charge is -2.48. The second kappa shape index (κ2) is 43.7. The Morgan fingerprint density at radius 1 is 0.669 bits per heavy atom. The highest BCUT2D eigenvalue weighted by molar-refractivity contribution is 6.32. The third-order valence-corrected chi connectivity index (χ3v) is 23.1. The van der Waals surface area contributed by atoms with Crippen molar-refractivity contribution in [3.8, 4) is 57.1 Å². The number of fused-ring (bicyclic) bond motifs is 15. The number of aliphatic imine (C=N–C) groups is 1. The number of likely N-dealkylation sites (N-methyl/N-ethyl adjacent to an activating group) is 1. The van der Waals surface area contributed by atoms with Crippen LogP contribution >= 0.6 is 23.2 Å². The van der Waals surface area contributed by atoms with Crippen LogP contribution in [0.15, 0.2) is 77.8 Å². The summed E-state index contributed by atoms with van der Waals surface area (Å²) < 4.78 is 39.9. The van der Waals surface area contributed by atoms with E-state index in [4.69, 9.17) is 74.6 Å². The summed E-state index contributed by atoms with van der Waals surface area (Å²) >= 11 is 14.4. The van der Waals surface area contributed by atoms with Crippen LogP contribution in [0.3, 0.4) is 0 Å². The van der Waals surface area contributed by atoms with E-state index in [0.717, 1.165) is 80.4 Å². The molecule has 5 aromatic carbocycles. The van der Waals surface area contributed by atoms with Crippen molar-refractivity contribution in [2.75, 3.05) is 46.3 Å². The molecule has 0 unspecified atom stereocenters. The molecule has 0 aliphatic carbocycles. The summed E-state index contributed by atoms with van der Waals surface area (Å²) in [4.78, 5) is 123. The van der Waals surface area contributed by atoms with Crippen molar-refractivity contribution >= 4 is 76.5 Å². The van der Waals surface area contributed by atoms with Gasteiger partial charge in [0.25, 0.3) is 0 Å². The Morgan fingerprint density at radius 3 is 1.90 bits per heavy atom. The van der Waals surface area contributed by atoms with Crippen molar-refractivity contribution in [3.63, 3.8) is 0 Å². The minimum atomic E-state index is -2.36. The van der Waals surface area contributed by atoms with Crippen molar-refractivity contribution in [3.05, 3.63) is 116 Å². The molecular formula is C84H115Cl2N15O23. The van der Waals surface area contributed by atoms with Gasteiger partial charge in [-0.25, -0.2) is 4.79 Å². The van der Waals surface area contributed by atoms with Crippen LogP contribution in [-0.4, -0.2) is 224 Å². The van der Waals surface area contributed by atoms with Crippen molar-refractivity contribution in [2.24, 2.45) is 33.8 Å². The van der Waals surface area contributed by atoms with Gasteiger partial charge >= 0.3 is 5.97 Å². The predicted molar refractivity (Wildman–Crippen MR) is 452 cm³/mol. The molecule has 0 radical (unpaired) electrons. The Bertz CT molecular complexity index is 4670. The predicted octanol–water partition coefficient (Wildman–Crippen LogP) is 2.58. The minimum absolute atomic E-state index is 0.0916. The van der Waals surface area contributed by atoms with E-state index in [1.165, 1.54) is 57.4 Å². The van der Waals surface area contributed by atoms with Crippen LogP contribution in [-0.2, 0) is 59.1 Å². The SMILES string of the molecule is CCCCCCCCCCNCCN[C@@]1(C)C[C@H](O[C@H]2[C@H](Oc3c4cc5cc3Oc3ccc(cc3Cl)[C@@H](O)[C@@H](NC(=O)[C@@H](CC(C)C)NC)C(=O)N[C@@H](CC(N)=O)C(=O)N[C@H]5C(=O)N[C@H]3C(=O)N[C@H](C(=O)N[C@H](C(=O)O)c5cc(O)c(CNCCCCN=C(N)N)c(O)c5-c5cc3ccc5O)[C@H](O)c3ccc(c(Cl)c3)O4)O[C@H](CN)[C@@H](O)[C@@H]2O)O[C@@H](C)[C@H]1O. The maximum Gasteiger partial charge on any atom is 0.330 e. The fraction of sp³-hybridized carbons (Fsp3) is 0.536. The smallest absolute Gasteiger partial charge is 0.330 e. The molecule has 18 atom stereocenters. The van der Waals surface area contributed by atoms with Gasteiger partial charge in [0, 0.05) is 61.4 Å². The van der Waals surface area contributed by atoms with Crippen molar-refractivity contribution in [1.82, 2.24) is 53.2 Å². The number of hydrogen-bond acceptors (Lipinski definition) is 28. The number of guanidine groups is 1. The molecule has 2 saturated heterocycles. The topological polar surface area (TPSA) is 611 Å². The molecule has 124 heavy (non-hydrogen) atoms. The number of nitrogens with zero attached hydrogens (tertiary/aromatic N) is 1. The zero-order chi connectivity index (χ0) is 90.1. The van der Waals surface area contributed by atoms with Gasteiger partial charge in [-0.15, -0.1) is 0 Å². The van der Waals surface area contributed by atoms with Crippen molar-refractivity contribution in [2.45, 2.75) is 234 Å². The van der Waals surface area contributed by atoms with E-state index in [1.807, 2.05) is 13.8 Å². The zero-order valence-electron chi connectivity index (χ0n) is 69.7. The Balaban J connectivity index is 1.16. The van der Waals surface area contributed by atoms with Crippen LogP contribution in [0.5, 0.6) is 46.0 Å². The number of phenolic OH excluding ortho intramolecular Hbond substituents is 3. The Hall–Kier alpha value is -10.0. The highest BCUT2D eigenvalue weighted by Gasteiger charge is 2.52. The van der Waals surface area contributed by atoms with E-state index in [1.54, 1.807) is 13.8 Å². The lowest BCUT2D eigenvalue weighted by atomic mass is 9.85. The number of aliphatic hydroxyl groups is 5. The monoisotopic (exact) mass is 1770 g/mol. The number of carbonyl (C=O) groups excluding carboxylic acids is 7. The summed E-state index contributed by atoms with van der Waals surface area (Å²) in [6.45, 7) is 10.6. The first-order valence-corrected chi connectivity index (χ1v) is 42.3. The molecule has 7 aliphatic heterocycles. The number of aromatic hydroxyl groups is 3. The quantitative estimate of drug-likeness (QED) is 0.0163. The summed E-state index contributed by atoms with van der Waals surface area (Å²) in [6.07, 6.45) is -7.55. The summed E-state index contributed by atoms with van der Waals surface area (Å²) in [5.74, 6) is -15.9. The molecule has 7 aliphatic rings. The maximum absolute atomic E-state index is 16.4. The third-order valence-electron chi connectivity index (χ3n) is 22.5. The lowest BCUT2D eigenvalue weighted by molar-refractivity contribution is -0.331. The Labute approximate surface area is 726 Å². The maximum atomic E-state index is 16.4. The normalized spacial score (nSPS) is 26.1. The number of carboxylic acids is 1. The number of nitrogens with one attached hydrogen (secondary N) is 10. The first-order chi connectivity index (χ1) is 59.0. The Kier molecular flexibility index (Phi) is 33.9. The first kappa shape index (κ1) is 96.2. The number of unbranched alkanes of at least 4 members (excludes halogenated alkanes) is 8. The number of aliphatic carboxylic acids is 1. The molecule has 5 aromatic rings. The average Bonchev–Trinajstić information content (AvgIpc) is 0.761. The third kappa shape index (κ3) is 23.8. The minimum Gasteiger partial charge on any atom is -0.507 e. The van der Waals surface area contributed by atoms with Crippen molar-refractivity contribution < 1.29 is 113 Å². The number of phenols is 3. The fourth-order valence-electron chi connectivity index (χ4n) is 15.7. The van der Waals surface area contributed by atoms with Crippen LogP contribution < -0.4 is 90.3 Å². The van der Waals surface area contributed by atoms with Gasteiger partial charge in [0.15, 0.2) is 35.9 Å². The summed E-state index contributed by atoms with van der Waals surface area (Å²) in [6, 6.07) is -1.16. The van der Waals surface area contributed by atoms with Gasteiger partial charge in [-0.2, -0.15) is 0 Å². The molecule has 40 heteroatoms. The largest absolute Gasteiger partial charge is 0.507 e. The van der Waals surface area contributed by atoms with Gasteiger partial charge in [-0.3, -0.25) is 38.6 Å². The number of hydrogen-bond donors (Lipinski definition) is 23. The summed E-state index contributed by atoms with van der Waals surface area (Å²) in [5, 5.41) is 135. The molecule has 678 valence electrons. The molecule has 27 N–H and O–H groups in total. The molecule has 2 fully saturated rings. The van der Waals surface area contributed by atoms with Gasteiger partial charge in [0.1, 0.15) is 89.5 Å². The number of amides is 7. The molecular weight excluding hydrogens is 1660 g/mol. The number of rotatable bonds is 33. The van der Waals surface area contributed by atoms with Gasteiger partial charge in [-0.05, 0) is 142 Å². The molecule has 7 heterocycles. The van der Waals surface area contributed by atoms with E-state index >= 15 is 24.0 Å². The van der Waals surface area contributed by atoms with Gasteiger partial charge in [0.2, 0.25) is 53.4 Å². The standard InChI is InChI=1S/C84H115Cl2N15O23/c1-7-8-9-10-11-12-13-14-23-92-26-27-95-84(5)36-60(119-40(4)74(84)110)123-73-71(109)70(108)58(37-87)122-82(73)124-72-56-32-44-33-57(72)121-55-22-19-43(31-49(55)86)68(106)66-80(116)99-64(81(117)118)46-34-53(103)47(38-93-24-15-16-25-94-83(89)90)69(107)61(46)45-29-41(17-20-52(45)102)62(77(113)101-66)98-78(114)63(44)97-76(112)51(35-59(88)104)96-79(115)65(100-75(111)50(91-6)28-39(2)3)67(105)42-18-21-54(120-56)48(85)30-42/h17-22,29-34,39-40,50-51,58,60,62-68,70-71,73-74,82,91-93,95,102-103,105-110H,7-16,23-28,35-38,87H2,1-6H3,(H2,88,104)(H,96,115)(H,97,112)(H,98,114)(H,99,116)(H,100,111)(H,101,113)(H,117,118)(H4,89,90,94)/t40-,50+,51-,58+,60-,62+,63+,64-,65+,66-,67+,68+,70+,71-,73+,74+,82-,84-/m0/s1. The van der Waals surface area contributed by atoms with E-state index in [-0.39, 0.29) is 83.1 Å². The molecule has 0 saturated carbocycles. The molecule has 11 bridgehead atoms. The number of primary amides is 1. The molecule has 12 rings (SSSR count). The number of carboxylic acid groups (broad SMARTS) is 1. The van der Waals surface area contributed by atoms with Crippen LogP contribution in [0.1, 0.15) is 182 Å². The zero-order valence-corrected chi connectivity index (χ0v) is 71.2. The summed E-state index contributed by atoms with van der Waals surface area (Å²) in [7, 11) is 1.49. The number of ether oxygens (including phenoxy) is 6. The van der Waals surface area contributed by atoms with Crippen LogP contribution in [0.2, 0.25) is 10.0 Å². The lowest BCUT2D eigenvalue weighted by Crippen LogP contribution is -2.66. The average molecular weight is 1770 g/mol. The van der Waals surface area contributed by atoms with Crippen molar-refractivity contribution in [1.29, 1.82) is 0 Å². The van der Waals surface area contributed by atoms with Crippen LogP contribution in [0.4, 0.5) is 0 Å². The number of aliphatic hydroxyl groups excluding tert-OH is 5.